The van der Waals surface area contributed by atoms with Crippen LogP contribution in [0.15, 0.2) is 5.70 Å². The second-order valence-corrected chi connectivity index (χ2v) is 7.60. The fourth-order valence-corrected chi connectivity index (χ4v) is 0. The zero-order valence-corrected chi connectivity index (χ0v) is 9.00. The van der Waals surface area contributed by atoms with Gasteiger partial charge in [0.05, 0.1) is 0 Å². The van der Waals surface area contributed by atoms with E-state index in [1.807, 2.05) is 5.70 Å². The Morgan fingerprint density at radius 2 is 1.43 bits per heavy atom. The summed E-state index contributed by atoms with van der Waals surface area (Å²) in [5, 5.41) is 0. The van der Waals surface area contributed by atoms with Crippen molar-refractivity contribution in [2.24, 2.45) is 0 Å². The van der Waals surface area contributed by atoms with Crippen LogP contribution < -0.4 is 0 Å². The minimum absolute atomic E-state index is 0. The van der Waals surface area contributed by atoms with Gasteiger partial charge in [0.25, 0.3) is 0 Å². The van der Waals surface area contributed by atoms with Crippen LogP contribution in [0.2, 0.25) is 19.6 Å². The SMILES string of the molecule is [CH-]=C[Si](C)(C)C.[W]. The van der Waals surface area contributed by atoms with Crippen LogP contribution in [0.5, 0.6) is 0 Å². The molecule has 0 aromatic rings. The Balaban J connectivity index is 0. The van der Waals surface area contributed by atoms with Crippen molar-refractivity contribution in [3.8, 4) is 0 Å². The van der Waals surface area contributed by atoms with Crippen LogP contribution in [0, 0.1) is 6.58 Å². The molecule has 0 fully saturated rings. The van der Waals surface area contributed by atoms with Gasteiger partial charge >= 0.3 is 0 Å². The van der Waals surface area contributed by atoms with Gasteiger partial charge in [-0.25, -0.2) is 0 Å². The molecule has 42 valence electrons. The second-order valence-electron chi connectivity index (χ2n) is 2.53. The molecule has 0 bridgehead atoms. The van der Waals surface area contributed by atoms with E-state index in [1.54, 1.807) is 0 Å². The third-order valence-corrected chi connectivity index (χ3v) is 1.50. The normalized spacial score (nSPS) is 9.57. The van der Waals surface area contributed by atoms with Crippen molar-refractivity contribution in [3.63, 3.8) is 0 Å². The molecule has 0 spiro atoms. The van der Waals surface area contributed by atoms with Gasteiger partial charge in [-0.05, 0) is 0 Å². The van der Waals surface area contributed by atoms with Gasteiger partial charge in [-0.15, -0.1) is 0 Å². The molecule has 0 aliphatic rings. The van der Waals surface area contributed by atoms with Crippen LogP contribution in [-0.2, 0) is 21.1 Å². The van der Waals surface area contributed by atoms with Crippen molar-refractivity contribution < 1.29 is 21.1 Å². The average molecular weight is 283 g/mol. The van der Waals surface area contributed by atoms with E-state index >= 15 is 0 Å². The Bertz CT molecular complexity index is 53.6. The molecule has 0 nitrogen and oxygen atoms in total. The van der Waals surface area contributed by atoms with Gasteiger partial charge in [0.2, 0.25) is 0 Å². The third-order valence-electron chi connectivity index (χ3n) is 0.500. The minimum atomic E-state index is -0.978. The number of hydrogen-bond donors (Lipinski definition) is 0. The van der Waals surface area contributed by atoms with Gasteiger partial charge < -0.3 is 6.58 Å². The van der Waals surface area contributed by atoms with Crippen LogP contribution in [0.1, 0.15) is 0 Å². The quantitative estimate of drug-likeness (QED) is 0.509. The summed E-state index contributed by atoms with van der Waals surface area (Å²) in [5.74, 6) is 0. The van der Waals surface area contributed by atoms with E-state index in [0.29, 0.717) is 0 Å². The zero-order chi connectivity index (χ0) is 5.21. The van der Waals surface area contributed by atoms with Gasteiger partial charge in [0.1, 0.15) is 0 Å². The first kappa shape index (κ1) is 10.6. The number of hydrogen-bond acceptors (Lipinski definition) is 0. The molecule has 0 radical (unpaired) electrons. The Hall–Kier alpha value is 0.645. The van der Waals surface area contributed by atoms with E-state index in [4.69, 9.17) is 6.58 Å². The Labute approximate surface area is 61.3 Å². The third kappa shape index (κ3) is 10.8. The molecule has 0 aromatic carbocycles. The zero-order valence-electron chi connectivity index (χ0n) is 5.06. The van der Waals surface area contributed by atoms with E-state index in [0.717, 1.165) is 0 Å². The van der Waals surface area contributed by atoms with E-state index in [9.17, 15) is 0 Å². The monoisotopic (exact) mass is 283 g/mol. The largest absolute Gasteiger partial charge is 0.522 e. The summed E-state index contributed by atoms with van der Waals surface area (Å²) in [4.78, 5) is 0. The van der Waals surface area contributed by atoms with E-state index < -0.39 is 8.07 Å². The molecular formula is C5H11SiW-. The van der Waals surface area contributed by atoms with Crippen molar-refractivity contribution in [3.05, 3.63) is 12.3 Å². The topological polar surface area (TPSA) is 0 Å². The first-order chi connectivity index (χ1) is 2.56. The van der Waals surface area contributed by atoms with Crippen LogP contribution in [0.4, 0.5) is 0 Å². The van der Waals surface area contributed by atoms with Gasteiger partial charge in [-0.1, -0.05) is 19.6 Å². The molecule has 0 amide bonds. The average Bonchev–Trinajstić information content (AvgIpc) is 1.35. The Kier molecular flexibility index (Phi) is 5.48. The first-order valence-electron chi connectivity index (χ1n) is 2.12. The van der Waals surface area contributed by atoms with Crippen LogP contribution in [0.25, 0.3) is 0 Å². The summed E-state index contributed by atoms with van der Waals surface area (Å²) < 4.78 is 0. The maximum Gasteiger partial charge on any atom is 0.0334 e. The Morgan fingerprint density at radius 3 is 1.43 bits per heavy atom. The predicted molar refractivity (Wildman–Crippen MR) is 32.2 cm³/mol. The molecule has 0 rings (SSSR count). The van der Waals surface area contributed by atoms with Crippen molar-refractivity contribution in [2.75, 3.05) is 0 Å². The standard InChI is InChI=1S/C5H11Si.W/c1-5-6(2,3)4;/h1,5H,2-4H3;/q-1;. The van der Waals surface area contributed by atoms with Crippen LogP contribution >= 0.6 is 0 Å². The van der Waals surface area contributed by atoms with Gasteiger partial charge in [0, 0.05) is 29.1 Å². The van der Waals surface area contributed by atoms with Gasteiger partial charge in [0.15, 0.2) is 0 Å². The van der Waals surface area contributed by atoms with E-state index in [1.165, 1.54) is 0 Å². The fourth-order valence-electron chi connectivity index (χ4n) is 0. The molecule has 0 aromatic heterocycles. The van der Waals surface area contributed by atoms with Crippen molar-refractivity contribution in [1.82, 2.24) is 0 Å². The summed E-state index contributed by atoms with van der Waals surface area (Å²) in [6, 6.07) is 0. The Morgan fingerprint density at radius 1 is 1.29 bits per heavy atom. The van der Waals surface area contributed by atoms with E-state index in [-0.39, 0.29) is 21.1 Å². The maximum absolute atomic E-state index is 5.24. The van der Waals surface area contributed by atoms with Crippen LogP contribution in [0.3, 0.4) is 0 Å². The second kappa shape index (κ2) is 3.62. The molecule has 0 unspecified atom stereocenters. The molecule has 0 aliphatic carbocycles. The molecule has 0 heterocycles. The van der Waals surface area contributed by atoms with E-state index in [2.05, 4.69) is 19.6 Å². The van der Waals surface area contributed by atoms with Crippen molar-refractivity contribution in [1.29, 1.82) is 0 Å². The van der Waals surface area contributed by atoms with Crippen molar-refractivity contribution in [2.45, 2.75) is 19.6 Å². The van der Waals surface area contributed by atoms with Gasteiger partial charge in [-0.2, -0.15) is 0 Å². The minimum Gasteiger partial charge on any atom is -0.522 e. The fraction of sp³-hybridized carbons (Fsp3) is 0.600. The summed E-state index contributed by atoms with van der Waals surface area (Å²) in [5.41, 5.74) is 1.83. The summed E-state index contributed by atoms with van der Waals surface area (Å²) in [6.45, 7) is 11.8. The number of rotatable bonds is 1. The molecule has 0 saturated carbocycles. The predicted octanol–water partition coefficient (Wildman–Crippen LogP) is 1.85. The first-order valence-corrected chi connectivity index (χ1v) is 5.70. The maximum atomic E-state index is 5.24. The molecule has 0 N–H and O–H groups in total. The molecule has 0 saturated heterocycles. The summed E-state index contributed by atoms with van der Waals surface area (Å²) >= 11 is 0. The van der Waals surface area contributed by atoms with Crippen LogP contribution in [-0.4, -0.2) is 8.07 Å². The van der Waals surface area contributed by atoms with Gasteiger partial charge in [-0.3, -0.25) is 5.70 Å². The molecule has 7 heavy (non-hydrogen) atoms. The molecule has 0 atom stereocenters. The summed E-state index contributed by atoms with van der Waals surface area (Å²) in [7, 11) is -0.978. The molecule has 0 aliphatic heterocycles. The molecular weight excluding hydrogens is 272 g/mol. The molecule has 2 heteroatoms. The smallest absolute Gasteiger partial charge is 0.0334 e. The van der Waals surface area contributed by atoms with Crippen molar-refractivity contribution >= 4 is 8.07 Å². The summed E-state index contributed by atoms with van der Waals surface area (Å²) in [6.07, 6.45) is 0.